The van der Waals surface area contributed by atoms with E-state index in [4.69, 9.17) is 4.74 Å². The highest BCUT2D eigenvalue weighted by molar-refractivity contribution is 5.91. The van der Waals surface area contributed by atoms with Gasteiger partial charge in [-0.3, -0.25) is 4.79 Å². The molecular formula is C10H15NO2. The van der Waals surface area contributed by atoms with Crippen LogP contribution >= 0.6 is 0 Å². The summed E-state index contributed by atoms with van der Waals surface area (Å²) in [5, 5.41) is 0. The lowest BCUT2D eigenvalue weighted by Crippen LogP contribution is -2.45. The minimum Gasteiger partial charge on any atom is -0.499 e. The average Bonchev–Trinajstić information content (AvgIpc) is 2.41. The van der Waals surface area contributed by atoms with E-state index >= 15 is 0 Å². The van der Waals surface area contributed by atoms with Crippen molar-refractivity contribution < 1.29 is 9.53 Å². The summed E-state index contributed by atoms with van der Waals surface area (Å²) >= 11 is 0. The van der Waals surface area contributed by atoms with Crippen LogP contribution in [0, 0.1) is 5.92 Å². The van der Waals surface area contributed by atoms with E-state index in [1.807, 2.05) is 4.90 Å². The molecule has 1 aliphatic carbocycles. The van der Waals surface area contributed by atoms with Gasteiger partial charge >= 0.3 is 0 Å². The molecule has 0 spiro atoms. The van der Waals surface area contributed by atoms with Gasteiger partial charge in [-0.05, 0) is 18.8 Å². The summed E-state index contributed by atoms with van der Waals surface area (Å²) in [6, 6.07) is 0.464. The van der Waals surface area contributed by atoms with Crippen LogP contribution in [0.25, 0.3) is 0 Å². The van der Waals surface area contributed by atoms with E-state index in [1.165, 1.54) is 0 Å². The largest absolute Gasteiger partial charge is 0.499 e. The zero-order chi connectivity index (χ0) is 9.42. The first-order valence-corrected chi connectivity index (χ1v) is 4.76. The molecule has 2 aliphatic rings. The standard InChI is InChI=1S/C10H15NO2/c1-7-3-8(4-7)11-6-9(13-2)5-10(11)12/h5,7-8H,3-4,6H2,1-2H3. The van der Waals surface area contributed by atoms with Crippen molar-refractivity contribution in [3.05, 3.63) is 11.8 Å². The van der Waals surface area contributed by atoms with Gasteiger partial charge in [0.1, 0.15) is 5.76 Å². The van der Waals surface area contributed by atoms with Crippen molar-refractivity contribution in [2.24, 2.45) is 5.92 Å². The maximum atomic E-state index is 11.5. The summed E-state index contributed by atoms with van der Waals surface area (Å²) < 4.78 is 5.06. The monoisotopic (exact) mass is 181 g/mol. The summed E-state index contributed by atoms with van der Waals surface area (Å²) in [6.07, 6.45) is 3.90. The fourth-order valence-electron chi connectivity index (χ4n) is 2.06. The van der Waals surface area contributed by atoms with Gasteiger partial charge in [0.25, 0.3) is 5.91 Å². The third-order valence-electron chi connectivity index (χ3n) is 2.95. The Morgan fingerprint density at radius 2 is 2.23 bits per heavy atom. The zero-order valence-electron chi connectivity index (χ0n) is 8.12. The number of nitrogens with zero attached hydrogens (tertiary/aromatic N) is 1. The van der Waals surface area contributed by atoms with Gasteiger partial charge in [0, 0.05) is 12.1 Å². The van der Waals surface area contributed by atoms with Crippen molar-refractivity contribution in [3.8, 4) is 0 Å². The lowest BCUT2D eigenvalue weighted by atomic mass is 9.81. The highest BCUT2D eigenvalue weighted by Crippen LogP contribution is 2.33. The predicted octanol–water partition coefficient (Wildman–Crippen LogP) is 1.16. The minimum atomic E-state index is 0.119. The molecule has 1 heterocycles. The van der Waals surface area contributed by atoms with Crippen molar-refractivity contribution >= 4 is 5.91 Å². The first-order valence-electron chi connectivity index (χ1n) is 4.76. The Morgan fingerprint density at radius 1 is 1.54 bits per heavy atom. The highest BCUT2D eigenvalue weighted by Gasteiger charge is 2.36. The first-order chi connectivity index (χ1) is 6.20. The van der Waals surface area contributed by atoms with Gasteiger partial charge in [-0.25, -0.2) is 0 Å². The van der Waals surface area contributed by atoms with Crippen molar-refractivity contribution in [1.29, 1.82) is 0 Å². The number of amides is 1. The summed E-state index contributed by atoms with van der Waals surface area (Å²) in [5.74, 6) is 1.70. The Hall–Kier alpha value is -0.990. The molecule has 3 heteroatoms. The Bertz CT molecular complexity index is 254. The van der Waals surface area contributed by atoms with E-state index in [1.54, 1.807) is 13.2 Å². The van der Waals surface area contributed by atoms with Crippen molar-refractivity contribution in [1.82, 2.24) is 4.90 Å². The molecule has 0 saturated heterocycles. The van der Waals surface area contributed by atoms with Gasteiger partial charge in [0.05, 0.1) is 13.7 Å². The molecule has 2 rings (SSSR count). The van der Waals surface area contributed by atoms with E-state index in [-0.39, 0.29) is 5.91 Å². The average molecular weight is 181 g/mol. The molecule has 1 saturated carbocycles. The van der Waals surface area contributed by atoms with E-state index in [0.717, 1.165) is 24.5 Å². The van der Waals surface area contributed by atoms with Crippen molar-refractivity contribution in [2.75, 3.05) is 13.7 Å². The molecule has 0 atom stereocenters. The lowest BCUT2D eigenvalue weighted by molar-refractivity contribution is -0.129. The second-order valence-corrected chi connectivity index (χ2v) is 4.01. The molecule has 1 aliphatic heterocycles. The molecule has 1 amide bonds. The van der Waals surface area contributed by atoms with Crippen LogP contribution in [-0.2, 0) is 9.53 Å². The fraction of sp³-hybridized carbons (Fsp3) is 0.700. The van der Waals surface area contributed by atoms with E-state index in [9.17, 15) is 4.79 Å². The van der Waals surface area contributed by atoms with Crippen molar-refractivity contribution in [3.63, 3.8) is 0 Å². The van der Waals surface area contributed by atoms with Crippen LogP contribution in [0.4, 0.5) is 0 Å². The van der Waals surface area contributed by atoms with Crippen LogP contribution in [0.1, 0.15) is 19.8 Å². The fourth-order valence-corrected chi connectivity index (χ4v) is 2.06. The molecular weight excluding hydrogens is 166 g/mol. The summed E-state index contributed by atoms with van der Waals surface area (Å²) in [4.78, 5) is 13.4. The number of ether oxygens (including phenoxy) is 1. The van der Waals surface area contributed by atoms with Crippen LogP contribution < -0.4 is 0 Å². The van der Waals surface area contributed by atoms with E-state index in [2.05, 4.69) is 6.92 Å². The van der Waals surface area contributed by atoms with Gasteiger partial charge in [-0.15, -0.1) is 0 Å². The Labute approximate surface area is 78.4 Å². The van der Waals surface area contributed by atoms with Crippen LogP contribution in [0.15, 0.2) is 11.8 Å². The molecule has 3 nitrogen and oxygen atoms in total. The molecule has 0 aromatic heterocycles. The number of hydrogen-bond acceptors (Lipinski definition) is 2. The number of carbonyl (C=O) groups is 1. The minimum absolute atomic E-state index is 0.119. The molecule has 0 aromatic carbocycles. The van der Waals surface area contributed by atoms with Gasteiger partial charge < -0.3 is 9.64 Å². The number of hydrogen-bond donors (Lipinski definition) is 0. The molecule has 0 N–H and O–H groups in total. The van der Waals surface area contributed by atoms with Crippen LogP contribution in [-0.4, -0.2) is 30.5 Å². The highest BCUT2D eigenvalue weighted by atomic mass is 16.5. The molecule has 13 heavy (non-hydrogen) atoms. The molecule has 1 fully saturated rings. The Morgan fingerprint density at radius 3 is 2.69 bits per heavy atom. The zero-order valence-corrected chi connectivity index (χ0v) is 8.12. The summed E-state index contributed by atoms with van der Waals surface area (Å²) in [7, 11) is 1.62. The normalized spacial score (nSPS) is 32.9. The van der Waals surface area contributed by atoms with Gasteiger partial charge in [-0.2, -0.15) is 0 Å². The number of rotatable bonds is 2. The smallest absolute Gasteiger partial charge is 0.250 e. The third-order valence-corrected chi connectivity index (χ3v) is 2.95. The van der Waals surface area contributed by atoms with Gasteiger partial charge in [0.15, 0.2) is 0 Å². The molecule has 72 valence electrons. The summed E-state index contributed by atoms with van der Waals surface area (Å²) in [5.41, 5.74) is 0. The predicted molar refractivity (Wildman–Crippen MR) is 49.0 cm³/mol. The topological polar surface area (TPSA) is 29.5 Å². The molecule has 0 unspecified atom stereocenters. The Kier molecular flexibility index (Phi) is 2.02. The van der Waals surface area contributed by atoms with Crippen LogP contribution in [0.2, 0.25) is 0 Å². The van der Waals surface area contributed by atoms with E-state index in [0.29, 0.717) is 12.6 Å². The van der Waals surface area contributed by atoms with Crippen molar-refractivity contribution in [2.45, 2.75) is 25.8 Å². The maximum Gasteiger partial charge on any atom is 0.250 e. The second-order valence-electron chi connectivity index (χ2n) is 4.01. The van der Waals surface area contributed by atoms with E-state index < -0.39 is 0 Å². The quantitative estimate of drug-likeness (QED) is 0.639. The summed E-state index contributed by atoms with van der Waals surface area (Å²) in [6.45, 7) is 2.90. The van der Waals surface area contributed by atoms with Gasteiger partial charge in [0.2, 0.25) is 0 Å². The molecule has 0 aromatic rings. The lowest BCUT2D eigenvalue weighted by Gasteiger charge is -2.39. The third kappa shape index (κ3) is 1.43. The van der Waals surface area contributed by atoms with Gasteiger partial charge in [-0.1, -0.05) is 6.92 Å². The van der Waals surface area contributed by atoms with Crippen LogP contribution in [0.3, 0.4) is 0 Å². The molecule has 0 radical (unpaired) electrons. The second kappa shape index (κ2) is 3.05. The number of carbonyl (C=O) groups excluding carboxylic acids is 1. The maximum absolute atomic E-state index is 11.5. The Balaban J connectivity index is 1.94. The first kappa shape index (κ1) is 8.60. The SMILES string of the molecule is COC1=CC(=O)N(C2CC(C)C2)C1. The van der Waals surface area contributed by atoms with Crippen LogP contribution in [0.5, 0.6) is 0 Å². The number of methoxy groups -OCH3 is 1. The molecule has 0 bridgehead atoms.